The second kappa shape index (κ2) is 9.72. The van der Waals surface area contributed by atoms with Crippen LogP contribution in [-0.4, -0.2) is 46.2 Å². The molecule has 10 heteroatoms. The Hall–Kier alpha value is -3.24. The molecule has 1 heterocycles. The molecule has 7 nitrogen and oxygen atoms in total. The summed E-state index contributed by atoms with van der Waals surface area (Å²) >= 11 is 0. The fourth-order valence-corrected chi connectivity index (χ4v) is 4.39. The van der Waals surface area contributed by atoms with Crippen LogP contribution in [0.4, 0.5) is 13.2 Å². The Morgan fingerprint density at radius 2 is 1.91 bits per heavy atom. The van der Waals surface area contributed by atoms with Gasteiger partial charge in [-0.1, -0.05) is 12.3 Å². The first-order valence-corrected chi connectivity index (χ1v) is 10.7. The maximum absolute atomic E-state index is 13.1. The lowest BCUT2D eigenvalue weighted by Crippen LogP contribution is -2.56. The number of aromatic carboxylic acids is 1. The van der Waals surface area contributed by atoms with Crippen molar-refractivity contribution in [3.63, 3.8) is 0 Å². The fourth-order valence-electron chi connectivity index (χ4n) is 4.39. The minimum absolute atomic E-state index is 0.209. The Balaban J connectivity index is 1.83. The number of carbonyl (C=O) groups is 2. The average Bonchev–Trinajstić information content (AvgIpc) is 3.21. The number of ether oxygens (including phenoxy) is 1. The first kappa shape index (κ1) is 24.4. The van der Waals surface area contributed by atoms with Crippen molar-refractivity contribution in [2.75, 3.05) is 6.54 Å². The zero-order valence-corrected chi connectivity index (χ0v) is 17.8. The zero-order chi connectivity index (χ0) is 24.2. The number of nitrogens with zero attached hydrogens (tertiary/aromatic N) is 2. The Morgan fingerprint density at radius 3 is 2.48 bits per heavy atom. The molecule has 0 aromatic heterocycles. The Morgan fingerprint density at radius 1 is 1.24 bits per heavy atom. The lowest BCUT2D eigenvalue weighted by atomic mass is 9.91. The van der Waals surface area contributed by atoms with Crippen LogP contribution in [-0.2, 0) is 11.0 Å². The van der Waals surface area contributed by atoms with Crippen molar-refractivity contribution in [3.05, 3.63) is 29.3 Å². The van der Waals surface area contributed by atoms with E-state index in [4.69, 9.17) is 11.2 Å². The van der Waals surface area contributed by atoms with Crippen LogP contribution in [0.3, 0.4) is 0 Å². The van der Waals surface area contributed by atoms with E-state index in [1.165, 1.54) is 4.90 Å². The van der Waals surface area contributed by atoms with Gasteiger partial charge in [0.25, 0.3) is 0 Å². The summed E-state index contributed by atoms with van der Waals surface area (Å²) in [6.07, 6.45) is 5.02. The molecular weight excluding hydrogens is 439 g/mol. The summed E-state index contributed by atoms with van der Waals surface area (Å²) < 4.78 is 45.1. The molecule has 1 aromatic carbocycles. The molecule has 33 heavy (non-hydrogen) atoms. The molecule has 2 fully saturated rings. The van der Waals surface area contributed by atoms with Gasteiger partial charge in [0, 0.05) is 12.8 Å². The second-order valence-electron chi connectivity index (χ2n) is 8.23. The molecule has 1 aliphatic heterocycles. The van der Waals surface area contributed by atoms with Crippen LogP contribution in [0.5, 0.6) is 5.75 Å². The van der Waals surface area contributed by atoms with Crippen molar-refractivity contribution >= 4 is 11.9 Å². The van der Waals surface area contributed by atoms with Gasteiger partial charge in [0.15, 0.2) is 5.72 Å². The number of terminal acetylenes is 1. The van der Waals surface area contributed by atoms with Gasteiger partial charge in [0.2, 0.25) is 5.91 Å². The molecule has 176 valence electrons. The summed E-state index contributed by atoms with van der Waals surface area (Å²) in [5.74, 6) is 0.369. The van der Waals surface area contributed by atoms with Crippen molar-refractivity contribution in [1.82, 2.24) is 10.2 Å². The van der Waals surface area contributed by atoms with Crippen molar-refractivity contribution in [2.24, 2.45) is 0 Å². The highest BCUT2D eigenvalue weighted by Gasteiger charge is 2.40. The van der Waals surface area contributed by atoms with E-state index in [-0.39, 0.29) is 18.2 Å². The number of hydrogen-bond donors (Lipinski definition) is 2. The van der Waals surface area contributed by atoms with Crippen LogP contribution < -0.4 is 10.1 Å². The summed E-state index contributed by atoms with van der Waals surface area (Å²) in [6, 6.07) is 3.26. The molecule has 1 saturated heterocycles. The Labute approximate surface area is 189 Å². The van der Waals surface area contributed by atoms with E-state index in [1.54, 1.807) is 0 Å². The molecule has 0 unspecified atom stereocenters. The largest absolute Gasteiger partial charge is 0.478 e. The minimum atomic E-state index is -4.70. The second-order valence-corrected chi connectivity index (χ2v) is 8.23. The number of nitrogens with one attached hydrogen (secondary N) is 1. The van der Waals surface area contributed by atoms with E-state index in [2.05, 4.69) is 17.3 Å². The zero-order valence-electron chi connectivity index (χ0n) is 17.8. The van der Waals surface area contributed by atoms with Gasteiger partial charge in [0.05, 0.1) is 24.2 Å². The summed E-state index contributed by atoms with van der Waals surface area (Å²) in [5, 5.41) is 21.8. The van der Waals surface area contributed by atoms with E-state index < -0.39 is 41.1 Å². The van der Waals surface area contributed by atoms with Crippen molar-refractivity contribution in [1.29, 1.82) is 5.26 Å². The van der Waals surface area contributed by atoms with Gasteiger partial charge in [-0.25, -0.2) is 4.79 Å². The first-order valence-electron chi connectivity index (χ1n) is 10.7. The number of nitriles is 1. The lowest BCUT2D eigenvalue weighted by Gasteiger charge is -2.39. The topological polar surface area (TPSA) is 103 Å². The van der Waals surface area contributed by atoms with Gasteiger partial charge in [-0.3, -0.25) is 10.1 Å². The first-order chi connectivity index (χ1) is 15.6. The predicted octanol–water partition coefficient (Wildman–Crippen LogP) is 3.55. The molecule has 1 aromatic rings. The normalized spacial score (nSPS) is 22.3. The highest BCUT2D eigenvalue weighted by molar-refractivity contribution is 5.91. The number of amides is 1. The van der Waals surface area contributed by atoms with E-state index in [0.29, 0.717) is 31.7 Å². The molecule has 0 spiro atoms. The summed E-state index contributed by atoms with van der Waals surface area (Å²) in [4.78, 5) is 25.9. The molecule has 1 aliphatic carbocycles. The summed E-state index contributed by atoms with van der Waals surface area (Å²) in [7, 11) is 0. The lowest BCUT2D eigenvalue weighted by molar-refractivity contribution is -0.137. The summed E-state index contributed by atoms with van der Waals surface area (Å²) in [6.45, 7) is -0.209. The molecular formula is C23H24F3N3O4. The van der Waals surface area contributed by atoms with E-state index in [0.717, 1.165) is 31.4 Å². The molecule has 2 atom stereocenters. The Kier molecular flexibility index (Phi) is 7.19. The van der Waals surface area contributed by atoms with Gasteiger partial charge < -0.3 is 14.7 Å². The van der Waals surface area contributed by atoms with E-state index in [9.17, 15) is 33.1 Å². The van der Waals surface area contributed by atoms with Crippen LogP contribution in [0.25, 0.3) is 0 Å². The average molecular weight is 463 g/mol. The maximum Gasteiger partial charge on any atom is 0.416 e. The quantitative estimate of drug-likeness (QED) is 0.494. The molecule has 0 bridgehead atoms. The van der Waals surface area contributed by atoms with E-state index >= 15 is 0 Å². The monoisotopic (exact) mass is 463 g/mol. The number of carboxylic acid groups (broad SMARTS) is 1. The van der Waals surface area contributed by atoms with Crippen molar-refractivity contribution < 1.29 is 32.6 Å². The van der Waals surface area contributed by atoms with Gasteiger partial charge in [-0.05, 0) is 43.9 Å². The van der Waals surface area contributed by atoms with Gasteiger partial charge in [-0.15, -0.1) is 6.42 Å². The number of rotatable bonds is 6. The highest BCUT2D eigenvalue weighted by atomic mass is 19.4. The summed E-state index contributed by atoms with van der Waals surface area (Å²) in [5.41, 5.74) is -2.84. The van der Waals surface area contributed by atoms with Crippen LogP contribution >= 0.6 is 0 Å². The number of carbonyl (C=O) groups excluding carboxylic acids is 1. The Bertz CT molecular complexity index is 968. The van der Waals surface area contributed by atoms with Crippen LogP contribution in [0, 0.1) is 23.7 Å². The standard InChI is InChI=1S/C23H24F3N3O4/c1-2-16-7-8-17(13-27)29(16)20(30)14-28-22(10-4-3-5-11-22)33-19-9-6-15(23(24,25)26)12-18(19)21(31)32/h1,6,9,12,16-17,28H,3-5,7-8,10-11,14H2,(H,31,32)/t16-,17-/m0/s1. The molecule has 2 N–H and O–H groups in total. The van der Waals surface area contributed by atoms with Gasteiger partial charge >= 0.3 is 12.1 Å². The van der Waals surface area contributed by atoms with Crippen molar-refractivity contribution in [2.45, 2.75) is 68.9 Å². The predicted molar refractivity (Wildman–Crippen MR) is 111 cm³/mol. The highest BCUT2D eigenvalue weighted by Crippen LogP contribution is 2.36. The van der Waals surface area contributed by atoms with Crippen LogP contribution in [0.15, 0.2) is 18.2 Å². The number of halogens is 3. The molecule has 3 rings (SSSR count). The van der Waals surface area contributed by atoms with Crippen LogP contribution in [0.1, 0.15) is 60.9 Å². The maximum atomic E-state index is 13.1. The molecule has 1 saturated carbocycles. The van der Waals surface area contributed by atoms with E-state index in [1.807, 2.05) is 0 Å². The molecule has 2 aliphatic rings. The number of carboxylic acids is 1. The van der Waals surface area contributed by atoms with Gasteiger partial charge in [0.1, 0.15) is 17.4 Å². The number of alkyl halides is 3. The number of hydrogen-bond acceptors (Lipinski definition) is 5. The SMILES string of the molecule is C#C[C@H]1CC[C@@H](C#N)N1C(=O)CNC1(Oc2ccc(C(F)(F)F)cc2C(=O)O)CCCCC1. The van der Waals surface area contributed by atoms with Crippen LogP contribution in [0.2, 0.25) is 0 Å². The molecule has 0 radical (unpaired) electrons. The fraction of sp³-hybridized carbons (Fsp3) is 0.522. The third kappa shape index (κ3) is 5.40. The molecule has 1 amide bonds. The number of benzene rings is 1. The minimum Gasteiger partial charge on any atom is -0.478 e. The number of likely N-dealkylation sites (tertiary alicyclic amines) is 1. The van der Waals surface area contributed by atoms with Crippen molar-refractivity contribution in [3.8, 4) is 24.2 Å². The van der Waals surface area contributed by atoms with Gasteiger partial charge in [-0.2, -0.15) is 18.4 Å². The third-order valence-corrected chi connectivity index (χ3v) is 6.08. The third-order valence-electron chi connectivity index (χ3n) is 6.08. The smallest absolute Gasteiger partial charge is 0.416 e.